The van der Waals surface area contributed by atoms with Gasteiger partial charge in [0, 0.05) is 24.2 Å². The lowest BCUT2D eigenvalue weighted by atomic mass is 10.1. The van der Waals surface area contributed by atoms with Crippen LogP contribution in [-0.4, -0.2) is 28.5 Å². The third-order valence-corrected chi connectivity index (χ3v) is 3.52. The molecule has 1 aliphatic heterocycles. The Hall–Kier alpha value is -2.47. The van der Waals surface area contributed by atoms with E-state index in [1.54, 1.807) is 6.07 Å². The second-order valence-corrected chi connectivity index (χ2v) is 4.96. The molecule has 4 rings (SSSR count). The zero-order valence-corrected chi connectivity index (χ0v) is 11.2. The zero-order valence-electron chi connectivity index (χ0n) is 11.2. The van der Waals surface area contributed by atoms with E-state index in [1.165, 1.54) is 0 Å². The molecule has 21 heavy (non-hydrogen) atoms. The summed E-state index contributed by atoms with van der Waals surface area (Å²) >= 11 is 0. The van der Waals surface area contributed by atoms with Crippen LogP contribution in [0.2, 0.25) is 0 Å². The maximum atomic E-state index is 5.34. The summed E-state index contributed by atoms with van der Waals surface area (Å²) in [7, 11) is 0. The van der Waals surface area contributed by atoms with Gasteiger partial charge in [-0.05, 0) is 6.42 Å². The topological polar surface area (TPSA) is 74.2 Å². The molecule has 0 spiro atoms. The Balaban J connectivity index is 1.61. The van der Waals surface area contributed by atoms with E-state index in [1.807, 2.05) is 30.3 Å². The normalized spacial score (nSPS) is 18.2. The lowest BCUT2D eigenvalue weighted by Gasteiger charge is -1.97. The smallest absolute Gasteiger partial charge is 0.280 e. The van der Waals surface area contributed by atoms with Crippen molar-refractivity contribution in [2.24, 2.45) is 0 Å². The molecule has 6 heteroatoms. The van der Waals surface area contributed by atoms with Gasteiger partial charge in [0.15, 0.2) is 17.3 Å². The molecule has 3 heterocycles. The maximum absolute atomic E-state index is 5.34. The van der Waals surface area contributed by atoms with E-state index >= 15 is 0 Å². The molecule has 6 nitrogen and oxygen atoms in total. The first-order chi connectivity index (χ1) is 10.4. The van der Waals surface area contributed by atoms with Gasteiger partial charge in [0.1, 0.15) is 0 Å². The van der Waals surface area contributed by atoms with E-state index in [9.17, 15) is 0 Å². The van der Waals surface area contributed by atoms with E-state index in [0.717, 1.165) is 18.6 Å². The molecular formula is C15H13N3O3. The first kappa shape index (κ1) is 12.3. The number of aromatic nitrogens is 3. The molecule has 1 aromatic carbocycles. The molecule has 0 N–H and O–H groups in total. The number of hydrogen-bond acceptors (Lipinski definition) is 6. The van der Waals surface area contributed by atoms with Crippen molar-refractivity contribution in [3.63, 3.8) is 0 Å². The molecule has 1 fully saturated rings. The largest absolute Gasteiger partial charge is 0.381 e. The van der Waals surface area contributed by atoms with Crippen LogP contribution in [0.5, 0.6) is 0 Å². The number of hydrogen-bond donors (Lipinski definition) is 0. The Kier molecular flexibility index (Phi) is 3.01. The van der Waals surface area contributed by atoms with E-state index in [0.29, 0.717) is 29.8 Å². The summed E-state index contributed by atoms with van der Waals surface area (Å²) in [5.74, 6) is 1.94. The van der Waals surface area contributed by atoms with Gasteiger partial charge in [-0.1, -0.05) is 40.6 Å². The molecule has 0 radical (unpaired) electrons. The molecule has 106 valence electrons. The molecular weight excluding hydrogens is 270 g/mol. The third-order valence-electron chi connectivity index (χ3n) is 3.52. The van der Waals surface area contributed by atoms with Crippen LogP contribution >= 0.6 is 0 Å². The number of ether oxygens (including phenoxy) is 1. The standard InChI is InChI=1S/C15H13N3O3/c1-2-4-10(5-3-1)13-8-12(17-20-13)15-16-14(18-21-15)11-6-7-19-9-11/h1-5,8,11H,6-7,9H2. The van der Waals surface area contributed by atoms with Gasteiger partial charge in [-0.2, -0.15) is 4.98 Å². The molecule has 1 unspecified atom stereocenters. The van der Waals surface area contributed by atoms with E-state index in [4.69, 9.17) is 13.8 Å². The minimum absolute atomic E-state index is 0.211. The highest BCUT2D eigenvalue weighted by Crippen LogP contribution is 2.27. The van der Waals surface area contributed by atoms with Gasteiger partial charge in [-0.15, -0.1) is 0 Å². The number of benzene rings is 1. The van der Waals surface area contributed by atoms with Crippen molar-refractivity contribution < 1.29 is 13.8 Å². The molecule has 1 aliphatic rings. The highest BCUT2D eigenvalue weighted by atomic mass is 16.5. The van der Waals surface area contributed by atoms with Crippen molar-refractivity contribution in [3.8, 4) is 22.9 Å². The molecule has 0 bridgehead atoms. The van der Waals surface area contributed by atoms with Crippen LogP contribution < -0.4 is 0 Å². The fraction of sp³-hybridized carbons (Fsp3) is 0.267. The Morgan fingerprint density at radius 3 is 2.76 bits per heavy atom. The van der Waals surface area contributed by atoms with Crippen LogP contribution in [0.1, 0.15) is 18.2 Å². The van der Waals surface area contributed by atoms with Crippen LogP contribution in [0.15, 0.2) is 45.4 Å². The summed E-state index contributed by atoms with van der Waals surface area (Å²) in [4.78, 5) is 4.39. The predicted molar refractivity (Wildman–Crippen MR) is 73.4 cm³/mol. The average Bonchev–Trinajstić information content (AvgIpc) is 3.27. The maximum Gasteiger partial charge on any atom is 0.280 e. The highest BCUT2D eigenvalue weighted by molar-refractivity contribution is 5.62. The van der Waals surface area contributed by atoms with Crippen LogP contribution in [0, 0.1) is 0 Å². The molecule has 0 saturated carbocycles. The van der Waals surface area contributed by atoms with Gasteiger partial charge in [-0.3, -0.25) is 0 Å². The van der Waals surface area contributed by atoms with Crippen molar-refractivity contribution in [1.82, 2.24) is 15.3 Å². The fourth-order valence-corrected chi connectivity index (χ4v) is 2.36. The van der Waals surface area contributed by atoms with E-state index in [2.05, 4.69) is 15.3 Å². The quantitative estimate of drug-likeness (QED) is 0.735. The minimum atomic E-state index is 0.211. The van der Waals surface area contributed by atoms with Crippen molar-refractivity contribution in [2.75, 3.05) is 13.2 Å². The number of nitrogens with zero attached hydrogens (tertiary/aromatic N) is 3. The summed E-state index contributed by atoms with van der Waals surface area (Å²) in [6, 6.07) is 11.6. The Bertz CT molecular complexity index is 729. The second-order valence-electron chi connectivity index (χ2n) is 4.96. The van der Waals surface area contributed by atoms with Gasteiger partial charge < -0.3 is 13.8 Å². The fourth-order valence-electron chi connectivity index (χ4n) is 2.36. The molecule has 1 atom stereocenters. The van der Waals surface area contributed by atoms with Crippen LogP contribution in [0.4, 0.5) is 0 Å². The van der Waals surface area contributed by atoms with E-state index < -0.39 is 0 Å². The highest BCUT2D eigenvalue weighted by Gasteiger charge is 2.24. The van der Waals surface area contributed by atoms with E-state index in [-0.39, 0.29) is 5.92 Å². The minimum Gasteiger partial charge on any atom is -0.381 e. The number of rotatable bonds is 3. The molecule has 1 saturated heterocycles. The van der Waals surface area contributed by atoms with Gasteiger partial charge in [0.25, 0.3) is 5.89 Å². The molecule has 0 aliphatic carbocycles. The summed E-state index contributed by atoms with van der Waals surface area (Å²) < 4.78 is 15.9. The average molecular weight is 283 g/mol. The van der Waals surface area contributed by atoms with Crippen molar-refractivity contribution in [3.05, 3.63) is 42.2 Å². The predicted octanol–water partition coefficient (Wildman–Crippen LogP) is 2.90. The summed E-state index contributed by atoms with van der Waals surface area (Å²) in [5.41, 5.74) is 1.51. The SMILES string of the molecule is c1ccc(-c2cc(-c3nc(C4CCOC4)no3)no2)cc1. The van der Waals surface area contributed by atoms with Crippen LogP contribution in [-0.2, 0) is 4.74 Å². The lowest BCUT2D eigenvalue weighted by Crippen LogP contribution is -1.99. The summed E-state index contributed by atoms with van der Waals surface area (Å²) in [6.45, 7) is 1.39. The first-order valence-electron chi connectivity index (χ1n) is 6.84. The summed E-state index contributed by atoms with van der Waals surface area (Å²) in [6.07, 6.45) is 0.924. The van der Waals surface area contributed by atoms with Gasteiger partial charge in [0.2, 0.25) is 0 Å². The van der Waals surface area contributed by atoms with Crippen molar-refractivity contribution in [2.45, 2.75) is 12.3 Å². The monoisotopic (exact) mass is 283 g/mol. The summed E-state index contributed by atoms with van der Waals surface area (Å²) in [5, 5.41) is 8.01. The van der Waals surface area contributed by atoms with Crippen molar-refractivity contribution >= 4 is 0 Å². The third kappa shape index (κ3) is 2.34. The van der Waals surface area contributed by atoms with Crippen LogP contribution in [0.25, 0.3) is 22.9 Å². The van der Waals surface area contributed by atoms with Gasteiger partial charge in [-0.25, -0.2) is 0 Å². The Morgan fingerprint density at radius 2 is 1.95 bits per heavy atom. The van der Waals surface area contributed by atoms with Crippen molar-refractivity contribution in [1.29, 1.82) is 0 Å². The van der Waals surface area contributed by atoms with Crippen LogP contribution in [0.3, 0.4) is 0 Å². The first-order valence-corrected chi connectivity index (χ1v) is 6.84. The van der Waals surface area contributed by atoms with Gasteiger partial charge in [0.05, 0.1) is 6.61 Å². The second kappa shape index (κ2) is 5.14. The molecule has 2 aromatic heterocycles. The van der Waals surface area contributed by atoms with Gasteiger partial charge >= 0.3 is 0 Å². The zero-order chi connectivity index (χ0) is 14.1. The molecule has 3 aromatic rings. The lowest BCUT2D eigenvalue weighted by molar-refractivity contribution is 0.192. The Morgan fingerprint density at radius 1 is 1.05 bits per heavy atom. The Labute approximate surface area is 120 Å². The molecule has 0 amide bonds.